The van der Waals surface area contributed by atoms with Crippen LogP contribution in [-0.4, -0.2) is 30.1 Å². The molecule has 2 aliphatic rings. The maximum atomic E-state index is 5.97. The van der Waals surface area contributed by atoms with Crippen molar-refractivity contribution in [2.45, 2.75) is 45.1 Å². The van der Waals surface area contributed by atoms with Crippen LogP contribution in [0, 0.1) is 5.41 Å². The second-order valence-corrected chi connectivity index (χ2v) is 5.23. The molecule has 1 saturated carbocycles. The van der Waals surface area contributed by atoms with E-state index in [-0.39, 0.29) is 5.54 Å². The monoisotopic (exact) mass is 182 g/mol. The van der Waals surface area contributed by atoms with E-state index >= 15 is 0 Å². The average molecular weight is 182 g/mol. The van der Waals surface area contributed by atoms with Crippen molar-refractivity contribution in [3.63, 3.8) is 0 Å². The van der Waals surface area contributed by atoms with Gasteiger partial charge in [-0.15, -0.1) is 0 Å². The van der Waals surface area contributed by atoms with Crippen LogP contribution in [0.25, 0.3) is 0 Å². The van der Waals surface area contributed by atoms with Crippen molar-refractivity contribution < 1.29 is 0 Å². The van der Waals surface area contributed by atoms with E-state index in [1.54, 1.807) is 0 Å². The summed E-state index contributed by atoms with van der Waals surface area (Å²) < 4.78 is 0. The third-order valence-electron chi connectivity index (χ3n) is 4.50. The molecule has 76 valence electrons. The minimum atomic E-state index is 0.281. The van der Waals surface area contributed by atoms with Crippen LogP contribution in [0.1, 0.15) is 39.5 Å². The summed E-state index contributed by atoms with van der Waals surface area (Å²) in [6, 6.07) is 0. The topological polar surface area (TPSA) is 29.3 Å². The molecule has 2 fully saturated rings. The molecule has 1 atom stereocenters. The fourth-order valence-corrected chi connectivity index (χ4v) is 2.69. The van der Waals surface area contributed by atoms with Crippen molar-refractivity contribution in [3.8, 4) is 0 Å². The Labute approximate surface area is 81.5 Å². The first-order chi connectivity index (χ1) is 6.12. The molecule has 0 amide bonds. The zero-order chi connectivity index (χ0) is 9.53. The van der Waals surface area contributed by atoms with Crippen LogP contribution in [-0.2, 0) is 0 Å². The maximum Gasteiger partial charge on any atom is 0.0357 e. The summed E-state index contributed by atoms with van der Waals surface area (Å²) in [7, 11) is 0. The molecule has 2 N–H and O–H groups in total. The minimum Gasteiger partial charge on any atom is -0.329 e. The summed E-state index contributed by atoms with van der Waals surface area (Å²) >= 11 is 0. The van der Waals surface area contributed by atoms with Gasteiger partial charge in [-0.1, -0.05) is 6.92 Å². The lowest BCUT2D eigenvalue weighted by Gasteiger charge is -2.43. The fourth-order valence-electron chi connectivity index (χ4n) is 2.69. The van der Waals surface area contributed by atoms with Crippen molar-refractivity contribution in [3.05, 3.63) is 0 Å². The van der Waals surface area contributed by atoms with Crippen molar-refractivity contribution >= 4 is 0 Å². The summed E-state index contributed by atoms with van der Waals surface area (Å²) in [6.45, 7) is 8.12. The minimum absolute atomic E-state index is 0.281. The number of hydrogen-bond donors (Lipinski definition) is 1. The largest absolute Gasteiger partial charge is 0.329 e. The van der Waals surface area contributed by atoms with Crippen LogP contribution >= 0.6 is 0 Å². The Morgan fingerprint density at radius 3 is 2.23 bits per heavy atom. The zero-order valence-corrected chi connectivity index (χ0v) is 8.97. The molecule has 1 unspecified atom stereocenters. The van der Waals surface area contributed by atoms with Gasteiger partial charge in [0.05, 0.1) is 0 Å². The molecule has 13 heavy (non-hydrogen) atoms. The van der Waals surface area contributed by atoms with Gasteiger partial charge in [-0.3, -0.25) is 4.90 Å². The van der Waals surface area contributed by atoms with Crippen LogP contribution in [0.4, 0.5) is 0 Å². The van der Waals surface area contributed by atoms with Crippen LogP contribution in [0.5, 0.6) is 0 Å². The van der Waals surface area contributed by atoms with E-state index in [1.807, 2.05) is 0 Å². The normalized spacial score (nSPS) is 31.6. The SMILES string of the molecule is CC1(C(C)(CN)N2CCCC2)CC1. The summed E-state index contributed by atoms with van der Waals surface area (Å²) in [5, 5.41) is 0. The highest BCUT2D eigenvalue weighted by Gasteiger charge is 2.55. The van der Waals surface area contributed by atoms with Crippen molar-refractivity contribution in [2.24, 2.45) is 11.1 Å². The molecule has 1 aliphatic carbocycles. The molecule has 0 spiro atoms. The average Bonchev–Trinajstić information content (AvgIpc) is 2.72. The molecule has 2 heteroatoms. The molecule has 1 heterocycles. The van der Waals surface area contributed by atoms with E-state index in [0.717, 1.165) is 6.54 Å². The first-order valence-electron chi connectivity index (χ1n) is 5.57. The third kappa shape index (κ3) is 1.31. The molecule has 0 radical (unpaired) electrons. The Morgan fingerprint density at radius 2 is 1.85 bits per heavy atom. The van der Waals surface area contributed by atoms with Gasteiger partial charge in [0.2, 0.25) is 0 Å². The van der Waals surface area contributed by atoms with E-state index in [2.05, 4.69) is 18.7 Å². The molecule has 0 aromatic rings. The van der Waals surface area contributed by atoms with Crippen molar-refractivity contribution in [2.75, 3.05) is 19.6 Å². The number of likely N-dealkylation sites (tertiary alicyclic amines) is 1. The molecule has 1 aliphatic heterocycles. The first kappa shape index (κ1) is 9.47. The molecule has 0 bridgehead atoms. The maximum absolute atomic E-state index is 5.97. The zero-order valence-electron chi connectivity index (χ0n) is 8.97. The highest BCUT2D eigenvalue weighted by atomic mass is 15.2. The van der Waals surface area contributed by atoms with Gasteiger partial charge in [-0.2, -0.15) is 0 Å². The van der Waals surface area contributed by atoms with E-state index in [4.69, 9.17) is 5.73 Å². The summed E-state index contributed by atoms with van der Waals surface area (Å²) in [4.78, 5) is 2.62. The predicted molar refractivity (Wildman–Crippen MR) is 55.6 cm³/mol. The molecule has 0 aromatic heterocycles. The van der Waals surface area contributed by atoms with Gasteiger partial charge in [-0.05, 0) is 51.1 Å². The number of nitrogens with two attached hydrogens (primary N) is 1. The van der Waals surface area contributed by atoms with Crippen LogP contribution in [0.2, 0.25) is 0 Å². The molecule has 2 rings (SSSR count). The second kappa shape index (κ2) is 2.96. The van der Waals surface area contributed by atoms with Gasteiger partial charge in [-0.25, -0.2) is 0 Å². The van der Waals surface area contributed by atoms with Gasteiger partial charge in [0, 0.05) is 12.1 Å². The lowest BCUT2D eigenvalue weighted by atomic mass is 9.82. The van der Waals surface area contributed by atoms with E-state index in [0.29, 0.717) is 5.41 Å². The van der Waals surface area contributed by atoms with Crippen LogP contribution in [0.15, 0.2) is 0 Å². The molecule has 2 nitrogen and oxygen atoms in total. The standard InChI is InChI=1S/C11H22N2/c1-10(5-6-10)11(2,9-12)13-7-3-4-8-13/h3-9,12H2,1-2H3. The van der Waals surface area contributed by atoms with Gasteiger partial charge >= 0.3 is 0 Å². The lowest BCUT2D eigenvalue weighted by Crippen LogP contribution is -2.55. The van der Waals surface area contributed by atoms with E-state index in [9.17, 15) is 0 Å². The summed E-state index contributed by atoms with van der Waals surface area (Å²) in [5.41, 5.74) is 6.77. The number of hydrogen-bond acceptors (Lipinski definition) is 2. The van der Waals surface area contributed by atoms with Gasteiger partial charge in [0.15, 0.2) is 0 Å². The Kier molecular flexibility index (Phi) is 2.16. The molecular weight excluding hydrogens is 160 g/mol. The summed E-state index contributed by atoms with van der Waals surface area (Å²) in [5.74, 6) is 0. The number of rotatable bonds is 3. The van der Waals surface area contributed by atoms with Crippen LogP contribution < -0.4 is 5.73 Å². The smallest absolute Gasteiger partial charge is 0.0357 e. The Hall–Kier alpha value is -0.0800. The Bertz CT molecular complexity index is 192. The second-order valence-electron chi connectivity index (χ2n) is 5.23. The van der Waals surface area contributed by atoms with Crippen molar-refractivity contribution in [1.29, 1.82) is 0 Å². The lowest BCUT2D eigenvalue weighted by molar-refractivity contribution is 0.0709. The quantitative estimate of drug-likeness (QED) is 0.718. The van der Waals surface area contributed by atoms with Gasteiger partial charge in [0.25, 0.3) is 0 Å². The predicted octanol–water partition coefficient (Wildman–Crippen LogP) is 1.60. The van der Waals surface area contributed by atoms with E-state index in [1.165, 1.54) is 38.8 Å². The number of nitrogens with zero attached hydrogens (tertiary/aromatic N) is 1. The van der Waals surface area contributed by atoms with Crippen LogP contribution in [0.3, 0.4) is 0 Å². The highest BCUT2D eigenvalue weighted by molar-refractivity contribution is 5.10. The van der Waals surface area contributed by atoms with Gasteiger partial charge < -0.3 is 5.73 Å². The van der Waals surface area contributed by atoms with E-state index < -0.39 is 0 Å². The molecular formula is C11H22N2. The first-order valence-corrected chi connectivity index (χ1v) is 5.57. The Balaban J connectivity index is 2.13. The molecule has 0 aromatic carbocycles. The fraction of sp³-hybridized carbons (Fsp3) is 1.00. The highest BCUT2D eigenvalue weighted by Crippen LogP contribution is 2.56. The molecule has 1 saturated heterocycles. The van der Waals surface area contributed by atoms with Gasteiger partial charge in [0.1, 0.15) is 0 Å². The summed E-state index contributed by atoms with van der Waals surface area (Å²) in [6.07, 6.45) is 5.48. The third-order valence-corrected chi connectivity index (χ3v) is 4.50. The van der Waals surface area contributed by atoms with Crippen molar-refractivity contribution in [1.82, 2.24) is 4.90 Å². The Morgan fingerprint density at radius 1 is 1.31 bits per heavy atom.